The Labute approximate surface area is 112 Å². The third-order valence-electron chi connectivity index (χ3n) is 2.85. The molecule has 2 aromatic rings. The topological polar surface area (TPSA) is 38.1 Å². The highest BCUT2D eigenvalue weighted by molar-refractivity contribution is 7.99. The molecule has 18 heavy (non-hydrogen) atoms. The first-order valence-electron chi connectivity index (χ1n) is 6.05. The van der Waals surface area contributed by atoms with Crippen LogP contribution in [-0.4, -0.2) is 26.2 Å². The van der Waals surface area contributed by atoms with Gasteiger partial charge in [0.1, 0.15) is 0 Å². The van der Waals surface area contributed by atoms with E-state index in [0.717, 1.165) is 11.4 Å². The van der Waals surface area contributed by atoms with Crippen molar-refractivity contribution in [2.45, 2.75) is 31.0 Å². The van der Waals surface area contributed by atoms with Crippen molar-refractivity contribution in [2.24, 2.45) is 0 Å². The zero-order chi connectivity index (χ0) is 13.0. The van der Waals surface area contributed by atoms with Gasteiger partial charge in [0, 0.05) is 22.8 Å². The number of rotatable bonds is 5. The number of hydrogen-bond acceptors (Lipinski definition) is 3. The van der Waals surface area contributed by atoms with Gasteiger partial charge in [-0.3, -0.25) is 0 Å². The van der Waals surface area contributed by atoms with E-state index in [2.05, 4.69) is 5.10 Å². The average molecular weight is 262 g/mol. The standard InChI is InChI=1S/C14H18N2OS/c1-11(17)12(2)18-10-13-8-15-16(9-13)14-6-4-3-5-7-14/h3-9,11-12,17H,10H2,1-2H3. The van der Waals surface area contributed by atoms with Gasteiger partial charge < -0.3 is 5.11 Å². The van der Waals surface area contributed by atoms with E-state index in [1.807, 2.05) is 61.3 Å². The molecular weight excluding hydrogens is 244 g/mol. The zero-order valence-corrected chi connectivity index (χ0v) is 11.5. The second-order valence-corrected chi connectivity index (χ2v) is 5.75. The lowest BCUT2D eigenvalue weighted by atomic mass is 10.3. The molecule has 0 radical (unpaired) electrons. The number of thioether (sulfide) groups is 1. The first kappa shape index (κ1) is 13.2. The summed E-state index contributed by atoms with van der Waals surface area (Å²) in [5.41, 5.74) is 2.24. The number of hydrogen-bond donors (Lipinski definition) is 1. The van der Waals surface area contributed by atoms with E-state index in [0.29, 0.717) is 0 Å². The van der Waals surface area contributed by atoms with E-state index in [1.165, 1.54) is 5.56 Å². The van der Waals surface area contributed by atoms with E-state index in [-0.39, 0.29) is 11.4 Å². The highest BCUT2D eigenvalue weighted by atomic mass is 32.2. The van der Waals surface area contributed by atoms with Crippen molar-refractivity contribution in [3.8, 4) is 5.69 Å². The molecule has 0 saturated heterocycles. The fourth-order valence-electron chi connectivity index (χ4n) is 1.52. The Morgan fingerprint density at radius 2 is 2.00 bits per heavy atom. The number of aliphatic hydroxyl groups excluding tert-OH is 1. The van der Waals surface area contributed by atoms with Gasteiger partial charge in [0.05, 0.1) is 18.0 Å². The average Bonchev–Trinajstić information content (AvgIpc) is 2.85. The molecule has 0 bridgehead atoms. The van der Waals surface area contributed by atoms with Gasteiger partial charge in [-0.2, -0.15) is 16.9 Å². The summed E-state index contributed by atoms with van der Waals surface area (Å²) in [5, 5.41) is 14.0. The molecule has 0 fully saturated rings. The van der Waals surface area contributed by atoms with Crippen molar-refractivity contribution in [3.63, 3.8) is 0 Å². The predicted molar refractivity (Wildman–Crippen MR) is 76.0 cm³/mol. The molecule has 3 nitrogen and oxygen atoms in total. The maximum atomic E-state index is 9.44. The van der Waals surface area contributed by atoms with Crippen LogP contribution >= 0.6 is 11.8 Å². The minimum atomic E-state index is -0.279. The fraction of sp³-hybridized carbons (Fsp3) is 0.357. The van der Waals surface area contributed by atoms with E-state index >= 15 is 0 Å². The van der Waals surface area contributed by atoms with Gasteiger partial charge in [0.2, 0.25) is 0 Å². The maximum absolute atomic E-state index is 9.44. The highest BCUT2D eigenvalue weighted by Crippen LogP contribution is 2.20. The number of aromatic nitrogens is 2. The molecule has 0 aliphatic carbocycles. The monoisotopic (exact) mass is 262 g/mol. The van der Waals surface area contributed by atoms with Crippen LogP contribution in [0.4, 0.5) is 0 Å². The first-order valence-corrected chi connectivity index (χ1v) is 7.10. The van der Waals surface area contributed by atoms with E-state index < -0.39 is 0 Å². The molecule has 1 N–H and O–H groups in total. The quantitative estimate of drug-likeness (QED) is 0.900. The van der Waals surface area contributed by atoms with E-state index in [4.69, 9.17) is 0 Å². The Balaban J connectivity index is 1.99. The summed E-state index contributed by atoms with van der Waals surface area (Å²) in [6.07, 6.45) is 3.64. The van der Waals surface area contributed by atoms with Gasteiger partial charge in [-0.15, -0.1) is 0 Å². The second-order valence-electron chi connectivity index (χ2n) is 4.39. The molecule has 4 heteroatoms. The molecule has 0 spiro atoms. The van der Waals surface area contributed by atoms with Crippen molar-refractivity contribution in [1.82, 2.24) is 9.78 Å². The van der Waals surface area contributed by atoms with Crippen molar-refractivity contribution >= 4 is 11.8 Å². The molecule has 1 heterocycles. The van der Waals surface area contributed by atoms with Crippen molar-refractivity contribution in [1.29, 1.82) is 0 Å². The van der Waals surface area contributed by atoms with Crippen LogP contribution in [0.3, 0.4) is 0 Å². The zero-order valence-electron chi connectivity index (χ0n) is 10.7. The SMILES string of the molecule is CC(O)C(C)SCc1cnn(-c2ccccc2)c1. The number of aliphatic hydroxyl groups is 1. The predicted octanol–water partition coefficient (Wildman–Crippen LogP) is 2.87. The lowest BCUT2D eigenvalue weighted by Crippen LogP contribution is -2.15. The highest BCUT2D eigenvalue weighted by Gasteiger charge is 2.10. The lowest BCUT2D eigenvalue weighted by molar-refractivity contribution is 0.196. The lowest BCUT2D eigenvalue weighted by Gasteiger charge is -2.12. The van der Waals surface area contributed by atoms with Gasteiger partial charge in [-0.25, -0.2) is 4.68 Å². The van der Waals surface area contributed by atoms with Crippen molar-refractivity contribution < 1.29 is 5.11 Å². The van der Waals surface area contributed by atoms with Crippen LogP contribution in [0.1, 0.15) is 19.4 Å². The van der Waals surface area contributed by atoms with Gasteiger partial charge in [0.25, 0.3) is 0 Å². The van der Waals surface area contributed by atoms with Crippen LogP contribution in [0.2, 0.25) is 0 Å². The molecule has 2 unspecified atom stereocenters. The summed E-state index contributed by atoms with van der Waals surface area (Å²) in [5.74, 6) is 0.874. The molecule has 0 aliphatic rings. The van der Waals surface area contributed by atoms with E-state index in [1.54, 1.807) is 11.8 Å². The maximum Gasteiger partial charge on any atom is 0.0645 e. The molecule has 0 amide bonds. The Kier molecular flexibility index (Phi) is 4.44. The van der Waals surface area contributed by atoms with Crippen LogP contribution in [0.5, 0.6) is 0 Å². The molecule has 1 aromatic heterocycles. The van der Waals surface area contributed by atoms with Gasteiger partial charge in [-0.1, -0.05) is 25.1 Å². The van der Waals surface area contributed by atoms with Crippen LogP contribution in [0.25, 0.3) is 5.69 Å². The summed E-state index contributed by atoms with van der Waals surface area (Å²) in [6.45, 7) is 3.86. The molecule has 2 rings (SSSR count). The summed E-state index contributed by atoms with van der Waals surface area (Å²) in [4.78, 5) is 0. The number of nitrogens with zero attached hydrogens (tertiary/aromatic N) is 2. The molecule has 0 saturated carbocycles. The largest absolute Gasteiger partial charge is 0.392 e. The van der Waals surface area contributed by atoms with Crippen molar-refractivity contribution in [2.75, 3.05) is 0 Å². The summed E-state index contributed by atoms with van der Waals surface area (Å²) in [6, 6.07) is 10.1. The Morgan fingerprint density at radius 1 is 1.28 bits per heavy atom. The third kappa shape index (κ3) is 3.37. The van der Waals surface area contributed by atoms with Gasteiger partial charge in [0.15, 0.2) is 0 Å². The smallest absolute Gasteiger partial charge is 0.0645 e. The minimum Gasteiger partial charge on any atom is -0.392 e. The normalized spacial score (nSPS) is 14.4. The molecular formula is C14H18N2OS. The summed E-state index contributed by atoms with van der Waals surface area (Å²) >= 11 is 1.74. The van der Waals surface area contributed by atoms with E-state index in [9.17, 15) is 5.11 Å². The first-order chi connectivity index (χ1) is 8.66. The Hall–Kier alpha value is -1.26. The second kappa shape index (κ2) is 6.07. The summed E-state index contributed by atoms with van der Waals surface area (Å²) in [7, 11) is 0. The fourth-order valence-corrected chi connectivity index (χ4v) is 2.41. The number of para-hydroxylation sites is 1. The third-order valence-corrected chi connectivity index (χ3v) is 4.27. The summed E-state index contributed by atoms with van der Waals surface area (Å²) < 4.78 is 1.88. The molecule has 0 aliphatic heterocycles. The molecule has 96 valence electrons. The van der Waals surface area contributed by atoms with Crippen molar-refractivity contribution in [3.05, 3.63) is 48.3 Å². The molecule has 1 aromatic carbocycles. The molecule has 2 atom stereocenters. The van der Waals surface area contributed by atoms with Gasteiger partial charge >= 0.3 is 0 Å². The van der Waals surface area contributed by atoms with Crippen LogP contribution in [0.15, 0.2) is 42.7 Å². The van der Waals surface area contributed by atoms with Gasteiger partial charge in [-0.05, 0) is 19.1 Å². The van der Waals surface area contributed by atoms with Crippen LogP contribution in [0, 0.1) is 0 Å². The van der Waals surface area contributed by atoms with Crippen LogP contribution < -0.4 is 0 Å². The Bertz CT molecular complexity index is 482. The minimum absolute atomic E-state index is 0.241. The van der Waals surface area contributed by atoms with Crippen LogP contribution in [-0.2, 0) is 5.75 Å². The number of benzene rings is 1. The Morgan fingerprint density at radius 3 is 2.67 bits per heavy atom.